The van der Waals surface area contributed by atoms with Crippen molar-refractivity contribution in [2.45, 2.75) is 51.3 Å². The van der Waals surface area contributed by atoms with E-state index in [2.05, 4.69) is 40.0 Å². The van der Waals surface area contributed by atoms with E-state index in [-0.39, 0.29) is 30.6 Å². The second-order valence-corrected chi connectivity index (χ2v) is 7.94. The van der Waals surface area contributed by atoms with E-state index in [1.54, 1.807) is 11.8 Å². The van der Waals surface area contributed by atoms with Crippen LogP contribution < -0.4 is 10.6 Å². The van der Waals surface area contributed by atoms with Crippen LogP contribution in [0.5, 0.6) is 0 Å². The lowest BCUT2D eigenvalue weighted by atomic mass is 9.96. The summed E-state index contributed by atoms with van der Waals surface area (Å²) >= 11 is 0. The molecule has 168 valence electrons. The lowest BCUT2D eigenvalue weighted by Gasteiger charge is -2.21. The van der Waals surface area contributed by atoms with Crippen molar-refractivity contribution in [3.8, 4) is 0 Å². The van der Waals surface area contributed by atoms with E-state index in [1.165, 1.54) is 0 Å². The molecule has 1 aromatic carbocycles. The quantitative estimate of drug-likeness (QED) is 0.476. The summed E-state index contributed by atoms with van der Waals surface area (Å²) in [5.74, 6) is 0.217. The monoisotopic (exact) mass is 427 g/mol. The van der Waals surface area contributed by atoms with Gasteiger partial charge in [0.2, 0.25) is 5.91 Å². The number of aryl methyl sites for hydroxylation is 1. The van der Waals surface area contributed by atoms with Gasteiger partial charge in [0.05, 0.1) is 17.8 Å². The number of hydrogen-bond acceptors (Lipinski definition) is 6. The minimum Gasteiger partial charge on any atom is -0.396 e. The number of benzene rings is 1. The molecule has 3 atom stereocenters. The Hall–Kier alpha value is -2.55. The van der Waals surface area contributed by atoms with Crippen LogP contribution in [0.15, 0.2) is 42.6 Å². The molecule has 3 N–H and O–H groups in total. The van der Waals surface area contributed by atoms with Gasteiger partial charge in [-0.25, -0.2) is 0 Å². The number of anilines is 1. The van der Waals surface area contributed by atoms with Crippen LogP contribution in [0.25, 0.3) is 0 Å². The Bertz CT molecular complexity index is 843. The molecule has 1 saturated heterocycles. The van der Waals surface area contributed by atoms with Crippen LogP contribution in [-0.2, 0) is 22.5 Å². The number of aliphatic hydroxyl groups is 1. The third-order valence-electron chi connectivity index (χ3n) is 5.53. The third kappa shape index (κ3) is 6.72. The molecule has 1 amide bonds. The Morgan fingerprint density at radius 3 is 2.90 bits per heavy atom. The summed E-state index contributed by atoms with van der Waals surface area (Å²) in [7, 11) is 1.72. The van der Waals surface area contributed by atoms with E-state index >= 15 is 0 Å². The van der Waals surface area contributed by atoms with Gasteiger partial charge in [0.15, 0.2) is 0 Å². The van der Waals surface area contributed by atoms with Crippen LogP contribution in [0, 0.1) is 5.92 Å². The van der Waals surface area contributed by atoms with E-state index in [0.29, 0.717) is 6.42 Å². The van der Waals surface area contributed by atoms with Gasteiger partial charge in [-0.05, 0) is 43.5 Å². The second-order valence-electron chi connectivity index (χ2n) is 7.94. The molecule has 3 rings (SSSR count). The average molecular weight is 428 g/mol. The first-order chi connectivity index (χ1) is 15.1. The Morgan fingerprint density at radius 1 is 1.42 bits per heavy atom. The van der Waals surface area contributed by atoms with Gasteiger partial charge in [-0.1, -0.05) is 36.4 Å². The molecule has 1 aliphatic rings. The Balaban J connectivity index is 1.50. The number of aromatic nitrogens is 3. The van der Waals surface area contributed by atoms with Crippen molar-refractivity contribution in [3.63, 3.8) is 0 Å². The molecule has 1 fully saturated rings. The fourth-order valence-electron chi connectivity index (χ4n) is 3.84. The standard InChI is InChI=1S/C23H33N5O3/c1-17(6-3-4-14-28-16-20(12-15-29)26-27-28)22(31-2)18-8-10-19(11-9-18)25-23(30)21-7-5-13-24-21/h3,6,8-11,16-17,21-22,24,29H,4-5,7,12-15H2,1-2H3,(H,25,30)/b6-3+/t17-,21+,22+/m0/s1. The molecule has 8 nitrogen and oxygen atoms in total. The molecule has 2 aromatic rings. The number of allylic oxidation sites excluding steroid dienone is 1. The molecule has 0 saturated carbocycles. The van der Waals surface area contributed by atoms with Crippen molar-refractivity contribution in [2.24, 2.45) is 5.92 Å². The fraction of sp³-hybridized carbons (Fsp3) is 0.522. The van der Waals surface area contributed by atoms with E-state index in [9.17, 15) is 4.79 Å². The highest BCUT2D eigenvalue weighted by Crippen LogP contribution is 2.27. The SMILES string of the molecule is CO[C@@H](c1ccc(NC(=O)[C@H]2CCCN2)cc1)[C@@H](C)/C=C/CCn1cc(CCO)nn1. The molecule has 0 bridgehead atoms. The van der Waals surface area contributed by atoms with E-state index in [1.807, 2.05) is 30.5 Å². The first-order valence-corrected chi connectivity index (χ1v) is 10.9. The molecule has 0 spiro atoms. The fourth-order valence-corrected chi connectivity index (χ4v) is 3.84. The second kappa shape index (κ2) is 11.7. The number of hydrogen-bond donors (Lipinski definition) is 3. The average Bonchev–Trinajstić information content (AvgIpc) is 3.46. The highest BCUT2D eigenvalue weighted by atomic mass is 16.5. The minimum atomic E-state index is -0.0876. The molecule has 0 unspecified atom stereocenters. The van der Waals surface area contributed by atoms with Gasteiger partial charge >= 0.3 is 0 Å². The molecule has 31 heavy (non-hydrogen) atoms. The smallest absolute Gasteiger partial charge is 0.241 e. The highest BCUT2D eigenvalue weighted by molar-refractivity contribution is 5.95. The molecular formula is C23H33N5O3. The Kier molecular flexibility index (Phi) is 8.75. The van der Waals surface area contributed by atoms with Crippen molar-refractivity contribution < 1.29 is 14.6 Å². The first kappa shape index (κ1) is 23.1. The summed E-state index contributed by atoms with van der Waals surface area (Å²) in [5, 5.41) is 23.2. The normalized spacial score (nSPS) is 18.4. The van der Waals surface area contributed by atoms with Gasteiger partial charge in [-0.2, -0.15) is 0 Å². The van der Waals surface area contributed by atoms with Gasteiger partial charge in [0.1, 0.15) is 0 Å². The molecular weight excluding hydrogens is 394 g/mol. The number of aliphatic hydroxyl groups excluding tert-OH is 1. The number of ether oxygens (including phenoxy) is 1. The van der Waals surface area contributed by atoms with Crippen LogP contribution in [0.2, 0.25) is 0 Å². The van der Waals surface area contributed by atoms with Crippen LogP contribution >= 0.6 is 0 Å². The topological polar surface area (TPSA) is 101 Å². The molecule has 8 heteroatoms. The van der Waals surface area contributed by atoms with Gasteiger partial charge in [0.25, 0.3) is 0 Å². The number of amides is 1. The maximum absolute atomic E-state index is 12.3. The third-order valence-corrected chi connectivity index (χ3v) is 5.53. The number of rotatable bonds is 11. The highest BCUT2D eigenvalue weighted by Gasteiger charge is 2.22. The predicted molar refractivity (Wildman–Crippen MR) is 120 cm³/mol. The largest absolute Gasteiger partial charge is 0.396 e. The molecule has 1 aromatic heterocycles. The van der Waals surface area contributed by atoms with E-state index in [4.69, 9.17) is 9.84 Å². The molecule has 1 aliphatic heterocycles. The number of nitrogens with one attached hydrogen (secondary N) is 2. The van der Waals surface area contributed by atoms with E-state index < -0.39 is 0 Å². The number of carbonyl (C=O) groups is 1. The van der Waals surface area contributed by atoms with Crippen molar-refractivity contribution in [1.29, 1.82) is 0 Å². The summed E-state index contributed by atoms with van der Waals surface area (Å²) in [6, 6.07) is 7.79. The van der Waals surface area contributed by atoms with Gasteiger partial charge in [-0.15, -0.1) is 5.10 Å². The minimum absolute atomic E-state index is 0.0284. The first-order valence-electron chi connectivity index (χ1n) is 10.9. The van der Waals surface area contributed by atoms with Crippen LogP contribution in [-0.4, -0.2) is 52.3 Å². The van der Waals surface area contributed by atoms with Crippen molar-refractivity contribution in [2.75, 3.05) is 25.6 Å². The predicted octanol–water partition coefficient (Wildman–Crippen LogP) is 2.47. The molecule has 0 aliphatic carbocycles. The van der Waals surface area contributed by atoms with Crippen molar-refractivity contribution in [1.82, 2.24) is 20.3 Å². The summed E-state index contributed by atoms with van der Waals surface area (Å²) in [6.45, 7) is 3.85. The van der Waals surface area contributed by atoms with Crippen molar-refractivity contribution in [3.05, 3.63) is 53.9 Å². The zero-order chi connectivity index (χ0) is 22.1. The summed E-state index contributed by atoms with van der Waals surface area (Å²) in [5.41, 5.74) is 2.67. The van der Waals surface area contributed by atoms with Gasteiger partial charge in [0, 0.05) is 44.5 Å². The maximum Gasteiger partial charge on any atom is 0.241 e. The van der Waals surface area contributed by atoms with E-state index in [0.717, 1.165) is 49.3 Å². The van der Waals surface area contributed by atoms with Crippen LogP contribution in [0.4, 0.5) is 5.69 Å². The molecule has 0 radical (unpaired) electrons. The lowest BCUT2D eigenvalue weighted by Crippen LogP contribution is -2.35. The summed E-state index contributed by atoms with van der Waals surface area (Å²) in [4.78, 5) is 12.3. The Morgan fingerprint density at radius 2 is 2.23 bits per heavy atom. The number of nitrogens with zero attached hydrogens (tertiary/aromatic N) is 3. The number of carbonyl (C=O) groups excluding carboxylic acids is 1. The summed E-state index contributed by atoms with van der Waals surface area (Å²) < 4.78 is 7.54. The zero-order valence-electron chi connectivity index (χ0n) is 18.3. The van der Waals surface area contributed by atoms with Crippen LogP contribution in [0.1, 0.15) is 43.5 Å². The van der Waals surface area contributed by atoms with Crippen LogP contribution in [0.3, 0.4) is 0 Å². The van der Waals surface area contributed by atoms with Gasteiger partial charge in [-0.3, -0.25) is 9.48 Å². The molecule has 2 heterocycles. The maximum atomic E-state index is 12.3. The Labute approximate surface area is 183 Å². The van der Waals surface area contributed by atoms with Crippen molar-refractivity contribution >= 4 is 11.6 Å². The summed E-state index contributed by atoms with van der Waals surface area (Å²) in [6.07, 6.45) is 9.38. The zero-order valence-corrected chi connectivity index (χ0v) is 18.3. The van der Waals surface area contributed by atoms with Gasteiger partial charge < -0.3 is 20.5 Å². The number of methoxy groups -OCH3 is 1. The lowest BCUT2D eigenvalue weighted by molar-refractivity contribution is -0.117.